The van der Waals surface area contributed by atoms with Gasteiger partial charge in [-0.2, -0.15) is 0 Å². The largest absolute Gasteiger partial charge is 0.330 e. The highest BCUT2D eigenvalue weighted by molar-refractivity contribution is 6.22. The number of benzene rings is 2. The zero-order valence-corrected chi connectivity index (χ0v) is 18.5. The molecular formula is C27H25N3O3. The molecule has 3 aromatic rings. The van der Waals surface area contributed by atoms with Crippen molar-refractivity contribution in [2.24, 2.45) is 0 Å². The Labute approximate surface area is 193 Å². The van der Waals surface area contributed by atoms with E-state index in [2.05, 4.69) is 30.6 Å². The van der Waals surface area contributed by atoms with Crippen molar-refractivity contribution in [3.63, 3.8) is 0 Å². The van der Waals surface area contributed by atoms with E-state index < -0.39 is 5.91 Å². The molecule has 3 amide bonds. The van der Waals surface area contributed by atoms with Gasteiger partial charge in [0.25, 0.3) is 17.7 Å². The van der Waals surface area contributed by atoms with Crippen LogP contribution in [0.2, 0.25) is 0 Å². The van der Waals surface area contributed by atoms with Gasteiger partial charge in [0.15, 0.2) is 0 Å². The zero-order valence-electron chi connectivity index (χ0n) is 18.5. The van der Waals surface area contributed by atoms with E-state index in [1.165, 1.54) is 17.7 Å². The lowest BCUT2D eigenvalue weighted by molar-refractivity contribution is 0.0671. The number of fused-ring (bicyclic) bond motifs is 1. The third-order valence-corrected chi connectivity index (χ3v) is 5.72. The Morgan fingerprint density at radius 1 is 0.970 bits per heavy atom. The molecule has 1 aliphatic heterocycles. The van der Waals surface area contributed by atoms with E-state index in [4.69, 9.17) is 0 Å². The lowest BCUT2D eigenvalue weighted by atomic mass is 10.0. The second kappa shape index (κ2) is 9.61. The average Bonchev–Trinajstić information content (AvgIpc) is 3.09. The maximum Gasteiger partial charge on any atom is 0.261 e. The molecule has 4 rings (SSSR count). The third kappa shape index (κ3) is 4.60. The number of carbonyl (C=O) groups is 3. The van der Waals surface area contributed by atoms with Crippen molar-refractivity contribution in [2.45, 2.75) is 26.4 Å². The minimum Gasteiger partial charge on any atom is -0.330 e. The van der Waals surface area contributed by atoms with Crippen LogP contribution in [0.25, 0.3) is 0 Å². The molecule has 0 atom stereocenters. The van der Waals surface area contributed by atoms with Gasteiger partial charge in [0.05, 0.1) is 11.1 Å². The molecule has 6 nitrogen and oxygen atoms in total. The van der Waals surface area contributed by atoms with Crippen molar-refractivity contribution in [3.8, 4) is 0 Å². The number of hydrogen-bond acceptors (Lipinski definition) is 4. The van der Waals surface area contributed by atoms with Crippen LogP contribution in [0.1, 0.15) is 54.7 Å². The van der Waals surface area contributed by atoms with E-state index in [1.807, 2.05) is 24.3 Å². The Balaban J connectivity index is 1.64. The summed E-state index contributed by atoms with van der Waals surface area (Å²) in [5.41, 5.74) is 4.07. The number of carbonyl (C=O) groups excluding carboxylic acids is 3. The van der Waals surface area contributed by atoms with Crippen molar-refractivity contribution in [3.05, 3.63) is 113 Å². The predicted octanol–water partition coefficient (Wildman–Crippen LogP) is 4.27. The summed E-state index contributed by atoms with van der Waals surface area (Å²) in [6, 6.07) is 16.6. The summed E-state index contributed by atoms with van der Waals surface area (Å²) in [6.07, 6.45) is 5.88. The molecule has 0 bridgehead atoms. The van der Waals surface area contributed by atoms with Gasteiger partial charge in [-0.3, -0.25) is 24.3 Å². The van der Waals surface area contributed by atoms with Crippen molar-refractivity contribution >= 4 is 17.7 Å². The number of amides is 3. The molecule has 33 heavy (non-hydrogen) atoms. The molecule has 1 aliphatic rings. The van der Waals surface area contributed by atoms with Crippen LogP contribution in [0, 0.1) is 0 Å². The first-order chi connectivity index (χ1) is 16.0. The Morgan fingerprint density at radius 2 is 1.67 bits per heavy atom. The molecule has 0 unspecified atom stereocenters. The van der Waals surface area contributed by atoms with Crippen LogP contribution in [0.3, 0.4) is 0 Å². The van der Waals surface area contributed by atoms with Crippen LogP contribution in [-0.4, -0.2) is 39.1 Å². The van der Waals surface area contributed by atoms with Gasteiger partial charge < -0.3 is 4.90 Å². The first kappa shape index (κ1) is 22.1. The molecule has 0 saturated carbocycles. The summed E-state index contributed by atoms with van der Waals surface area (Å²) in [5.74, 6) is -0.987. The number of rotatable bonds is 8. The molecule has 1 aromatic heterocycles. The van der Waals surface area contributed by atoms with E-state index >= 15 is 0 Å². The second-order valence-corrected chi connectivity index (χ2v) is 7.96. The molecule has 6 heteroatoms. The van der Waals surface area contributed by atoms with Gasteiger partial charge >= 0.3 is 0 Å². The first-order valence-electron chi connectivity index (χ1n) is 10.9. The maximum atomic E-state index is 13.6. The standard InChI is InChI=1S/C27H25N3O3/c1-3-14-30-26(32)23-12-11-22(15-24(23)27(30)33)25(31)29(18-21-6-5-13-28-16-21)17-20-9-7-19(4-2)8-10-20/h3,5-13,15-16H,1,4,14,17-18H2,2H3. The monoisotopic (exact) mass is 439 g/mol. The SMILES string of the molecule is C=CCN1C(=O)c2ccc(C(=O)N(Cc3ccc(CC)cc3)Cc3cccnc3)cc2C1=O. The van der Waals surface area contributed by atoms with E-state index in [0.29, 0.717) is 24.2 Å². The summed E-state index contributed by atoms with van der Waals surface area (Å²) < 4.78 is 0. The van der Waals surface area contributed by atoms with Crippen LogP contribution in [0.15, 0.2) is 79.6 Å². The minimum atomic E-state index is -0.404. The Bertz CT molecular complexity index is 1200. The molecule has 0 fully saturated rings. The van der Waals surface area contributed by atoms with Crippen molar-refractivity contribution in [2.75, 3.05) is 6.54 Å². The third-order valence-electron chi connectivity index (χ3n) is 5.72. The highest BCUT2D eigenvalue weighted by atomic mass is 16.2. The van der Waals surface area contributed by atoms with Gasteiger partial charge in [-0.1, -0.05) is 43.3 Å². The highest BCUT2D eigenvalue weighted by Gasteiger charge is 2.35. The number of aryl methyl sites for hydroxylation is 1. The number of pyridine rings is 1. The minimum absolute atomic E-state index is 0.135. The number of nitrogens with zero attached hydrogens (tertiary/aromatic N) is 3. The van der Waals surface area contributed by atoms with Gasteiger partial charge in [-0.05, 0) is 47.4 Å². The van der Waals surface area contributed by atoms with Gasteiger partial charge in [0, 0.05) is 37.6 Å². The van der Waals surface area contributed by atoms with Crippen LogP contribution < -0.4 is 0 Å². The fourth-order valence-corrected chi connectivity index (χ4v) is 3.91. The van der Waals surface area contributed by atoms with E-state index in [9.17, 15) is 14.4 Å². The predicted molar refractivity (Wildman–Crippen MR) is 126 cm³/mol. The first-order valence-corrected chi connectivity index (χ1v) is 10.9. The lowest BCUT2D eigenvalue weighted by Gasteiger charge is -2.23. The van der Waals surface area contributed by atoms with Gasteiger partial charge in [0.2, 0.25) is 0 Å². The second-order valence-electron chi connectivity index (χ2n) is 7.96. The Hall–Kier alpha value is -4.06. The zero-order chi connectivity index (χ0) is 23.4. The van der Waals surface area contributed by atoms with Crippen molar-refractivity contribution in [1.29, 1.82) is 0 Å². The molecule has 0 spiro atoms. The molecule has 0 saturated heterocycles. The summed E-state index contributed by atoms with van der Waals surface area (Å²) in [7, 11) is 0. The number of aromatic nitrogens is 1. The average molecular weight is 440 g/mol. The van der Waals surface area contributed by atoms with Gasteiger partial charge in [-0.25, -0.2) is 0 Å². The summed E-state index contributed by atoms with van der Waals surface area (Å²) >= 11 is 0. The fraction of sp³-hybridized carbons (Fsp3) is 0.185. The van der Waals surface area contributed by atoms with Crippen LogP contribution in [0.5, 0.6) is 0 Å². The smallest absolute Gasteiger partial charge is 0.261 e. The van der Waals surface area contributed by atoms with Gasteiger partial charge in [-0.15, -0.1) is 6.58 Å². The van der Waals surface area contributed by atoms with Crippen LogP contribution >= 0.6 is 0 Å². The molecule has 2 heterocycles. The molecule has 0 radical (unpaired) electrons. The fourth-order valence-electron chi connectivity index (χ4n) is 3.91. The Morgan fingerprint density at radius 3 is 2.33 bits per heavy atom. The van der Waals surface area contributed by atoms with Gasteiger partial charge in [0.1, 0.15) is 0 Å². The van der Waals surface area contributed by atoms with E-state index in [-0.39, 0.29) is 23.9 Å². The summed E-state index contributed by atoms with van der Waals surface area (Å²) in [6.45, 7) is 6.62. The molecule has 2 aromatic carbocycles. The van der Waals surface area contributed by atoms with Crippen molar-refractivity contribution < 1.29 is 14.4 Å². The summed E-state index contributed by atoms with van der Waals surface area (Å²) in [5, 5.41) is 0. The normalized spacial score (nSPS) is 12.6. The quantitative estimate of drug-likeness (QED) is 0.388. The van der Waals surface area contributed by atoms with Crippen LogP contribution in [-0.2, 0) is 19.5 Å². The van der Waals surface area contributed by atoms with Crippen LogP contribution in [0.4, 0.5) is 0 Å². The number of imide groups is 1. The topological polar surface area (TPSA) is 70.6 Å². The molecule has 0 aliphatic carbocycles. The molecule has 0 N–H and O–H groups in total. The maximum absolute atomic E-state index is 13.6. The van der Waals surface area contributed by atoms with E-state index in [1.54, 1.807) is 29.4 Å². The molecule has 166 valence electrons. The number of hydrogen-bond donors (Lipinski definition) is 0. The highest BCUT2D eigenvalue weighted by Crippen LogP contribution is 2.25. The lowest BCUT2D eigenvalue weighted by Crippen LogP contribution is -2.30. The Kier molecular flexibility index (Phi) is 6.45. The molecular weight excluding hydrogens is 414 g/mol. The van der Waals surface area contributed by atoms with E-state index in [0.717, 1.165) is 22.4 Å². The van der Waals surface area contributed by atoms with Crippen molar-refractivity contribution in [1.82, 2.24) is 14.8 Å². The summed E-state index contributed by atoms with van der Waals surface area (Å²) in [4.78, 5) is 45.8.